The highest BCUT2D eigenvalue weighted by Gasteiger charge is 2.13. The van der Waals surface area contributed by atoms with Crippen LogP contribution in [0.1, 0.15) is 24.8 Å². The fourth-order valence-corrected chi connectivity index (χ4v) is 1.99. The molecule has 0 unspecified atom stereocenters. The first-order valence-corrected chi connectivity index (χ1v) is 5.39. The summed E-state index contributed by atoms with van der Waals surface area (Å²) in [7, 11) is 1.78. The van der Waals surface area contributed by atoms with Crippen LogP contribution in [0.3, 0.4) is 0 Å². The van der Waals surface area contributed by atoms with Gasteiger partial charge in [0, 0.05) is 24.4 Å². The van der Waals surface area contributed by atoms with E-state index in [0.29, 0.717) is 0 Å². The number of hydrogen-bond acceptors (Lipinski definition) is 3. The highest BCUT2D eigenvalue weighted by molar-refractivity contribution is 6.02. The molecule has 0 radical (unpaired) electrons. The Kier molecular flexibility index (Phi) is 2.95. The van der Waals surface area contributed by atoms with Gasteiger partial charge in [0.25, 0.3) is 0 Å². The molecule has 0 heterocycles. The summed E-state index contributed by atoms with van der Waals surface area (Å²) in [5.74, 6) is 0.214. The summed E-state index contributed by atoms with van der Waals surface area (Å²) in [5.41, 5.74) is 2.94. The number of phenols is 2. The van der Waals surface area contributed by atoms with Crippen LogP contribution < -0.4 is 0 Å². The van der Waals surface area contributed by atoms with Gasteiger partial charge >= 0.3 is 0 Å². The molecule has 0 bridgehead atoms. The number of phenolic OH excluding ortho intramolecular Hbond substituents is 2. The molecule has 0 amide bonds. The van der Waals surface area contributed by atoms with Gasteiger partial charge in [-0.3, -0.25) is 4.99 Å². The number of aliphatic imine (C=N–C) groups is 1. The van der Waals surface area contributed by atoms with Crippen LogP contribution in [0.4, 0.5) is 0 Å². The van der Waals surface area contributed by atoms with Crippen molar-refractivity contribution in [3.63, 3.8) is 0 Å². The molecule has 2 rings (SSSR count). The van der Waals surface area contributed by atoms with Crippen LogP contribution in [0.25, 0.3) is 5.57 Å². The fraction of sp³-hybridized carbons (Fsp3) is 0.308. The Morgan fingerprint density at radius 1 is 1.19 bits per heavy atom. The first-order chi connectivity index (χ1) is 7.70. The van der Waals surface area contributed by atoms with E-state index in [-0.39, 0.29) is 11.5 Å². The standard InChI is InChI=1S/C13H15NO2/c1-14-10-4-2-3-9(7-10)12-6-5-11(15)8-13(12)16/h5-8,15-16H,2-4H2,1H3. The van der Waals surface area contributed by atoms with Crippen molar-refractivity contribution in [1.82, 2.24) is 0 Å². The molecule has 1 aromatic rings. The van der Waals surface area contributed by atoms with Crippen LogP contribution in [0, 0.1) is 0 Å². The van der Waals surface area contributed by atoms with Crippen molar-refractivity contribution in [2.75, 3.05) is 7.05 Å². The van der Waals surface area contributed by atoms with Crippen molar-refractivity contribution >= 4 is 11.3 Å². The molecule has 0 aromatic heterocycles. The molecule has 3 heteroatoms. The predicted octanol–water partition coefficient (Wildman–Crippen LogP) is 2.74. The van der Waals surface area contributed by atoms with E-state index in [1.807, 2.05) is 6.08 Å². The van der Waals surface area contributed by atoms with E-state index >= 15 is 0 Å². The topological polar surface area (TPSA) is 52.8 Å². The Morgan fingerprint density at radius 2 is 2.00 bits per heavy atom. The summed E-state index contributed by atoms with van der Waals surface area (Å²) in [6.07, 6.45) is 5.02. The van der Waals surface area contributed by atoms with Crippen molar-refractivity contribution in [3.8, 4) is 11.5 Å². The Bertz CT molecular complexity index is 461. The zero-order valence-electron chi connectivity index (χ0n) is 9.27. The first kappa shape index (κ1) is 10.7. The van der Waals surface area contributed by atoms with Crippen LogP contribution in [-0.2, 0) is 0 Å². The third-order valence-electron chi connectivity index (χ3n) is 2.83. The quantitative estimate of drug-likeness (QED) is 0.760. The number of hydrogen-bond donors (Lipinski definition) is 2. The lowest BCUT2D eigenvalue weighted by Gasteiger charge is -2.15. The van der Waals surface area contributed by atoms with E-state index in [4.69, 9.17) is 0 Å². The van der Waals surface area contributed by atoms with E-state index in [1.165, 1.54) is 6.07 Å². The lowest BCUT2D eigenvalue weighted by atomic mass is 9.92. The predicted molar refractivity (Wildman–Crippen MR) is 65.0 cm³/mol. The maximum atomic E-state index is 9.76. The van der Waals surface area contributed by atoms with Crippen molar-refractivity contribution in [2.24, 2.45) is 4.99 Å². The van der Waals surface area contributed by atoms with Gasteiger partial charge in [-0.1, -0.05) is 0 Å². The molecule has 0 fully saturated rings. The van der Waals surface area contributed by atoms with Gasteiger partial charge in [0.1, 0.15) is 11.5 Å². The highest BCUT2D eigenvalue weighted by atomic mass is 16.3. The van der Waals surface area contributed by atoms with Crippen LogP contribution in [-0.4, -0.2) is 23.0 Å². The average Bonchev–Trinajstić information content (AvgIpc) is 2.29. The summed E-state index contributed by atoms with van der Waals surface area (Å²) in [4.78, 5) is 4.18. The summed E-state index contributed by atoms with van der Waals surface area (Å²) in [5, 5.41) is 19.0. The minimum Gasteiger partial charge on any atom is -0.508 e. The lowest BCUT2D eigenvalue weighted by molar-refractivity contribution is 0.449. The fourth-order valence-electron chi connectivity index (χ4n) is 1.99. The van der Waals surface area contributed by atoms with Crippen LogP contribution in [0.15, 0.2) is 29.3 Å². The van der Waals surface area contributed by atoms with E-state index in [0.717, 1.165) is 36.1 Å². The van der Waals surface area contributed by atoms with Gasteiger partial charge < -0.3 is 10.2 Å². The Labute approximate surface area is 94.8 Å². The van der Waals surface area contributed by atoms with Crippen LogP contribution in [0.2, 0.25) is 0 Å². The monoisotopic (exact) mass is 217 g/mol. The van der Waals surface area contributed by atoms with Crippen molar-refractivity contribution in [3.05, 3.63) is 29.8 Å². The maximum Gasteiger partial charge on any atom is 0.126 e. The number of nitrogens with zero attached hydrogens (tertiary/aromatic N) is 1. The van der Waals surface area contributed by atoms with E-state index in [1.54, 1.807) is 19.2 Å². The third kappa shape index (κ3) is 2.08. The van der Waals surface area contributed by atoms with Crippen LogP contribution >= 0.6 is 0 Å². The van der Waals surface area contributed by atoms with E-state index in [2.05, 4.69) is 4.99 Å². The van der Waals surface area contributed by atoms with Gasteiger partial charge in [-0.05, 0) is 43.0 Å². The molecule has 3 nitrogen and oxygen atoms in total. The number of benzene rings is 1. The van der Waals surface area contributed by atoms with Crippen molar-refractivity contribution in [1.29, 1.82) is 0 Å². The molecular formula is C13H15NO2. The minimum atomic E-state index is 0.0852. The summed E-state index contributed by atoms with van der Waals surface area (Å²) in [6.45, 7) is 0. The lowest BCUT2D eigenvalue weighted by Crippen LogP contribution is -2.02. The summed E-state index contributed by atoms with van der Waals surface area (Å²) < 4.78 is 0. The van der Waals surface area contributed by atoms with Crippen molar-refractivity contribution < 1.29 is 10.2 Å². The van der Waals surface area contributed by atoms with Crippen molar-refractivity contribution in [2.45, 2.75) is 19.3 Å². The average molecular weight is 217 g/mol. The number of rotatable bonds is 1. The molecule has 0 saturated carbocycles. The largest absolute Gasteiger partial charge is 0.508 e. The second kappa shape index (κ2) is 4.39. The van der Waals surface area contributed by atoms with Gasteiger partial charge in [0.15, 0.2) is 0 Å². The molecule has 16 heavy (non-hydrogen) atoms. The molecule has 0 spiro atoms. The highest BCUT2D eigenvalue weighted by Crippen LogP contribution is 2.33. The molecule has 2 N–H and O–H groups in total. The molecule has 1 aliphatic rings. The molecule has 0 aliphatic heterocycles. The Morgan fingerprint density at radius 3 is 2.69 bits per heavy atom. The zero-order chi connectivity index (χ0) is 11.5. The zero-order valence-corrected chi connectivity index (χ0v) is 9.27. The van der Waals surface area contributed by atoms with Crippen LogP contribution in [0.5, 0.6) is 11.5 Å². The number of aromatic hydroxyl groups is 2. The number of allylic oxidation sites excluding steroid dienone is 2. The molecule has 84 valence electrons. The second-order valence-electron chi connectivity index (χ2n) is 3.94. The van der Waals surface area contributed by atoms with Gasteiger partial charge in [0.05, 0.1) is 0 Å². The van der Waals surface area contributed by atoms with Gasteiger partial charge in [-0.15, -0.1) is 0 Å². The molecular weight excluding hydrogens is 202 g/mol. The SMILES string of the molecule is CN=C1C=C(c2ccc(O)cc2O)CCC1. The van der Waals surface area contributed by atoms with E-state index in [9.17, 15) is 10.2 Å². The van der Waals surface area contributed by atoms with Gasteiger partial charge in [-0.2, -0.15) is 0 Å². The molecule has 0 atom stereocenters. The second-order valence-corrected chi connectivity index (χ2v) is 3.94. The molecule has 1 aromatic carbocycles. The summed E-state index contributed by atoms with van der Waals surface area (Å²) >= 11 is 0. The first-order valence-electron chi connectivity index (χ1n) is 5.39. The molecule has 0 saturated heterocycles. The summed E-state index contributed by atoms with van der Waals surface area (Å²) in [6, 6.07) is 4.70. The normalized spacial score (nSPS) is 18.6. The van der Waals surface area contributed by atoms with Gasteiger partial charge in [-0.25, -0.2) is 0 Å². The van der Waals surface area contributed by atoms with Gasteiger partial charge in [0.2, 0.25) is 0 Å². The smallest absolute Gasteiger partial charge is 0.126 e. The molecule has 1 aliphatic carbocycles. The van der Waals surface area contributed by atoms with E-state index < -0.39 is 0 Å². The maximum absolute atomic E-state index is 9.76. The Hall–Kier alpha value is -1.77. The third-order valence-corrected chi connectivity index (χ3v) is 2.83. The Balaban J connectivity index is 2.40. The minimum absolute atomic E-state index is 0.0852.